The highest BCUT2D eigenvalue weighted by molar-refractivity contribution is 5.93. The number of carbonyl (C=O) groups excluding carboxylic acids is 1. The molecule has 5 nitrogen and oxygen atoms in total. The number of fused-ring (bicyclic) bond motifs is 1. The van der Waals surface area contributed by atoms with E-state index in [4.69, 9.17) is 5.21 Å². The predicted octanol–water partition coefficient (Wildman–Crippen LogP) is 2.19. The molecule has 2 unspecified atom stereocenters. The number of hydrogen-bond donors (Lipinski definition) is 2. The van der Waals surface area contributed by atoms with Crippen LogP contribution in [0.15, 0.2) is 48.5 Å². The number of nitrogens with one attached hydrogen (secondary N) is 1. The smallest absolute Gasteiger partial charge is 0.274 e. The van der Waals surface area contributed by atoms with Crippen LogP contribution in [-0.2, 0) is 0 Å². The predicted molar refractivity (Wildman–Crippen MR) is 89.1 cm³/mol. The highest BCUT2D eigenvalue weighted by Crippen LogP contribution is 2.40. The van der Waals surface area contributed by atoms with Crippen LogP contribution in [0, 0.1) is 6.92 Å². The lowest BCUT2D eigenvalue weighted by atomic mass is 9.84. The van der Waals surface area contributed by atoms with Crippen molar-refractivity contribution in [2.45, 2.75) is 19.0 Å². The van der Waals surface area contributed by atoms with Crippen LogP contribution in [0.4, 0.5) is 11.4 Å². The number of nitrogens with zero attached hydrogens (tertiary/aromatic N) is 2. The summed E-state index contributed by atoms with van der Waals surface area (Å²) in [6, 6.07) is 17.2. The summed E-state index contributed by atoms with van der Waals surface area (Å²) >= 11 is 0. The molecule has 2 atom stereocenters. The van der Waals surface area contributed by atoms with Gasteiger partial charge in [-0.3, -0.25) is 10.0 Å². The molecule has 23 heavy (non-hydrogen) atoms. The lowest BCUT2D eigenvalue weighted by Gasteiger charge is -2.63. The third-order valence-corrected chi connectivity index (χ3v) is 4.94. The van der Waals surface area contributed by atoms with Gasteiger partial charge in [-0.15, -0.1) is 0 Å². The van der Waals surface area contributed by atoms with Crippen LogP contribution in [0.5, 0.6) is 0 Å². The first-order valence-electron chi connectivity index (χ1n) is 7.82. The second kappa shape index (κ2) is 5.28. The Morgan fingerprint density at radius 3 is 1.87 bits per heavy atom. The van der Waals surface area contributed by atoms with E-state index in [0.717, 1.165) is 18.8 Å². The van der Waals surface area contributed by atoms with Gasteiger partial charge in [0.15, 0.2) is 0 Å². The molecular weight excluding hydrogens is 290 g/mol. The fourth-order valence-corrected chi connectivity index (χ4v) is 3.45. The summed E-state index contributed by atoms with van der Waals surface area (Å²) in [6.07, 6.45) is 0. The summed E-state index contributed by atoms with van der Waals surface area (Å²) in [4.78, 5) is 16.2. The van der Waals surface area contributed by atoms with Crippen LogP contribution in [-0.4, -0.2) is 36.3 Å². The number of amides is 1. The molecule has 2 aromatic rings. The van der Waals surface area contributed by atoms with Crippen molar-refractivity contribution < 1.29 is 10.0 Å². The number of piperazine rings is 1. The summed E-state index contributed by atoms with van der Waals surface area (Å²) in [6.45, 7) is 4.14. The van der Waals surface area contributed by atoms with E-state index in [1.54, 1.807) is 17.6 Å². The van der Waals surface area contributed by atoms with Crippen LogP contribution in [0.25, 0.3) is 0 Å². The highest BCUT2D eigenvalue weighted by atomic mass is 16.5. The average molecular weight is 309 g/mol. The van der Waals surface area contributed by atoms with Gasteiger partial charge < -0.3 is 9.80 Å². The zero-order chi connectivity index (χ0) is 16.0. The number of benzene rings is 2. The minimum Gasteiger partial charge on any atom is -0.362 e. The maximum absolute atomic E-state index is 11.3. The maximum Gasteiger partial charge on any atom is 0.274 e. The van der Waals surface area contributed by atoms with Gasteiger partial charge in [0.2, 0.25) is 0 Å². The Morgan fingerprint density at radius 1 is 0.957 bits per heavy atom. The molecular formula is C18H19N3O2. The van der Waals surface area contributed by atoms with Crippen molar-refractivity contribution in [2.24, 2.45) is 0 Å². The molecule has 2 heterocycles. The van der Waals surface area contributed by atoms with E-state index in [1.165, 1.54) is 11.3 Å². The Hall–Kier alpha value is -2.53. The first kappa shape index (κ1) is 14.1. The summed E-state index contributed by atoms with van der Waals surface area (Å²) in [5.74, 6) is -0.479. The van der Waals surface area contributed by atoms with Crippen molar-refractivity contribution in [1.82, 2.24) is 5.48 Å². The molecule has 2 aromatic carbocycles. The van der Waals surface area contributed by atoms with Crippen molar-refractivity contribution in [3.05, 3.63) is 59.7 Å². The number of carbonyl (C=O) groups is 1. The summed E-state index contributed by atoms with van der Waals surface area (Å²) in [5, 5.41) is 8.65. The molecule has 118 valence electrons. The zero-order valence-electron chi connectivity index (χ0n) is 12.9. The average Bonchev–Trinajstić information content (AvgIpc) is 2.57. The standard InChI is InChI=1S/C18H19N3O2/c1-12-2-6-14(7-3-12)20-10-17-16(20)11-21(17)15-8-4-13(5-9-15)18(22)19-23/h2-9,16-17,23H,10-11H2,1H3,(H,19,22). The van der Waals surface area contributed by atoms with E-state index in [1.807, 2.05) is 12.1 Å². The quantitative estimate of drug-likeness (QED) is 0.674. The van der Waals surface area contributed by atoms with Crippen molar-refractivity contribution in [1.29, 1.82) is 0 Å². The summed E-state index contributed by atoms with van der Waals surface area (Å²) in [5.41, 5.74) is 5.83. The molecule has 2 fully saturated rings. The van der Waals surface area contributed by atoms with E-state index >= 15 is 0 Å². The molecule has 0 radical (unpaired) electrons. The Kier molecular flexibility index (Phi) is 3.23. The van der Waals surface area contributed by atoms with Gasteiger partial charge in [0.1, 0.15) is 0 Å². The van der Waals surface area contributed by atoms with Crippen LogP contribution in [0.3, 0.4) is 0 Å². The fourth-order valence-electron chi connectivity index (χ4n) is 3.45. The van der Waals surface area contributed by atoms with Crippen LogP contribution < -0.4 is 15.3 Å². The molecule has 2 N–H and O–H groups in total. The topological polar surface area (TPSA) is 55.8 Å². The second-order valence-electron chi connectivity index (χ2n) is 6.26. The van der Waals surface area contributed by atoms with Gasteiger partial charge in [0.25, 0.3) is 5.91 Å². The number of hydrogen-bond acceptors (Lipinski definition) is 4. The van der Waals surface area contributed by atoms with Gasteiger partial charge in [0, 0.05) is 30.0 Å². The number of aryl methyl sites for hydroxylation is 1. The fraction of sp³-hybridized carbons (Fsp3) is 0.278. The lowest BCUT2D eigenvalue weighted by molar-refractivity contribution is 0.0706. The normalized spacial score (nSPS) is 22.0. The number of anilines is 2. The van der Waals surface area contributed by atoms with E-state index in [0.29, 0.717) is 17.6 Å². The first-order chi connectivity index (χ1) is 11.2. The van der Waals surface area contributed by atoms with Gasteiger partial charge in [0.05, 0.1) is 12.1 Å². The first-order valence-corrected chi connectivity index (χ1v) is 7.82. The van der Waals surface area contributed by atoms with Crippen LogP contribution in [0.2, 0.25) is 0 Å². The maximum atomic E-state index is 11.3. The lowest BCUT2D eigenvalue weighted by Crippen LogP contribution is -2.79. The third kappa shape index (κ3) is 2.24. The molecule has 4 rings (SSSR count). The summed E-state index contributed by atoms with van der Waals surface area (Å²) in [7, 11) is 0. The molecule has 2 aliphatic rings. The molecule has 0 aliphatic carbocycles. The van der Waals surface area contributed by atoms with Crippen molar-refractivity contribution in [3.63, 3.8) is 0 Å². The largest absolute Gasteiger partial charge is 0.362 e. The van der Waals surface area contributed by atoms with Gasteiger partial charge in [-0.2, -0.15) is 0 Å². The van der Waals surface area contributed by atoms with Crippen molar-refractivity contribution >= 4 is 17.3 Å². The monoisotopic (exact) mass is 309 g/mol. The van der Waals surface area contributed by atoms with E-state index in [-0.39, 0.29) is 0 Å². The Bertz CT molecular complexity index is 727. The minimum atomic E-state index is -0.479. The van der Waals surface area contributed by atoms with E-state index < -0.39 is 5.91 Å². The van der Waals surface area contributed by atoms with E-state index in [9.17, 15) is 4.79 Å². The molecule has 1 amide bonds. The Balaban J connectivity index is 1.42. The summed E-state index contributed by atoms with van der Waals surface area (Å²) < 4.78 is 0. The van der Waals surface area contributed by atoms with Crippen LogP contribution >= 0.6 is 0 Å². The van der Waals surface area contributed by atoms with Crippen molar-refractivity contribution in [2.75, 3.05) is 22.9 Å². The highest BCUT2D eigenvalue weighted by Gasteiger charge is 2.51. The van der Waals surface area contributed by atoms with Gasteiger partial charge in [-0.1, -0.05) is 17.7 Å². The Labute approximate surface area is 135 Å². The van der Waals surface area contributed by atoms with Gasteiger partial charge >= 0.3 is 0 Å². The van der Waals surface area contributed by atoms with E-state index in [2.05, 4.69) is 41.0 Å². The van der Waals surface area contributed by atoms with Crippen LogP contribution in [0.1, 0.15) is 15.9 Å². The molecule has 0 bridgehead atoms. The molecule has 0 saturated carbocycles. The Morgan fingerprint density at radius 2 is 1.43 bits per heavy atom. The minimum absolute atomic E-state index is 0.461. The second-order valence-corrected chi connectivity index (χ2v) is 6.26. The number of hydroxylamine groups is 1. The SMILES string of the molecule is Cc1ccc(N2CC3C2CN3c2ccc(C(=O)NO)cc2)cc1. The molecule has 0 spiro atoms. The molecule has 5 heteroatoms. The van der Waals surface area contributed by atoms with Gasteiger partial charge in [-0.05, 0) is 43.3 Å². The number of rotatable bonds is 3. The molecule has 2 saturated heterocycles. The van der Waals surface area contributed by atoms with Gasteiger partial charge in [-0.25, -0.2) is 5.48 Å². The van der Waals surface area contributed by atoms with Crippen molar-refractivity contribution in [3.8, 4) is 0 Å². The molecule has 0 aromatic heterocycles. The zero-order valence-corrected chi connectivity index (χ0v) is 12.9. The molecule has 2 aliphatic heterocycles. The third-order valence-electron chi connectivity index (χ3n) is 4.94.